The van der Waals surface area contributed by atoms with Crippen LogP contribution in [0.2, 0.25) is 5.02 Å². The lowest BCUT2D eigenvalue weighted by molar-refractivity contribution is 0.534. The van der Waals surface area contributed by atoms with Crippen molar-refractivity contribution >= 4 is 27.5 Å². The van der Waals surface area contributed by atoms with Gasteiger partial charge >= 0.3 is 0 Å². The van der Waals surface area contributed by atoms with E-state index in [1.54, 1.807) is 0 Å². The van der Waals surface area contributed by atoms with Gasteiger partial charge in [-0.05, 0) is 41.9 Å². The van der Waals surface area contributed by atoms with Crippen LogP contribution in [0.1, 0.15) is 19.9 Å². The molecule has 0 aliphatic carbocycles. The summed E-state index contributed by atoms with van der Waals surface area (Å²) in [6.07, 6.45) is 1.99. The predicted octanol–water partition coefficient (Wildman–Crippen LogP) is 4.55. The summed E-state index contributed by atoms with van der Waals surface area (Å²) in [4.78, 5) is 0. The van der Waals surface area contributed by atoms with Crippen molar-refractivity contribution in [1.29, 1.82) is 0 Å². The third kappa shape index (κ3) is 2.30. The number of rotatable bonds is 2. The maximum absolute atomic E-state index is 5.97. The molecule has 0 aliphatic heterocycles. The van der Waals surface area contributed by atoms with Crippen LogP contribution in [0.3, 0.4) is 0 Å². The van der Waals surface area contributed by atoms with Crippen LogP contribution in [-0.4, -0.2) is 9.78 Å². The zero-order valence-electron chi connectivity index (χ0n) is 9.11. The highest BCUT2D eigenvalue weighted by Gasteiger charge is 2.10. The number of halogens is 2. The van der Waals surface area contributed by atoms with Gasteiger partial charge in [-0.15, -0.1) is 0 Å². The molecule has 2 aromatic rings. The fourth-order valence-electron chi connectivity index (χ4n) is 1.47. The normalized spacial score (nSPS) is 11.1. The molecule has 1 aromatic heterocycles. The molecule has 0 atom stereocenters. The van der Waals surface area contributed by atoms with E-state index in [-0.39, 0.29) is 0 Å². The van der Waals surface area contributed by atoms with Crippen LogP contribution in [0, 0.1) is 0 Å². The molecule has 2 nitrogen and oxygen atoms in total. The molecule has 16 heavy (non-hydrogen) atoms. The van der Waals surface area contributed by atoms with Crippen molar-refractivity contribution in [3.63, 3.8) is 0 Å². The van der Waals surface area contributed by atoms with Gasteiger partial charge in [0.1, 0.15) is 5.69 Å². The summed E-state index contributed by atoms with van der Waals surface area (Å²) in [5.74, 6) is 0. The first-order chi connectivity index (χ1) is 7.58. The van der Waals surface area contributed by atoms with Gasteiger partial charge in [-0.3, -0.25) is 4.68 Å². The molecule has 1 heterocycles. The summed E-state index contributed by atoms with van der Waals surface area (Å²) in [7, 11) is 0. The van der Waals surface area contributed by atoms with E-state index in [4.69, 9.17) is 11.6 Å². The molecule has 0 saturated carbocycles. The predicted molar refractivity (Wildman–Crippen MR) is 70.8 cm³/mol. The Bertz CT molecular complexity index is 505. The van der Waals surface area contributed by atoms with Crippen molar-refractivity contribution in [2.75, 3.05) is 0 Å². The molecule has 4 heteroatoms. The molecule has 0 N–H and O–H groups in total. The Hall–Kier alpha value is -0.800. The van der Waals surface area contributed by atoms with Gasteiger partial charge < -0.3 is 0 Å². The molecule has 0 spiro atoms. The van der Waals surface area contributed by atoms with Gasteiger partial charge in [0.2, 0.25) is 0 Å². The van der Waals surface area contributed by atoms with E-state index < -0.39 is 0 Å². The molecular weight excluding hydrogens is 288 g/mol. The lowest BCUT2D eigenvalue weighted by Gasteiger charge is -2.03. The van der Waals surface area contributed by atoms with Gasteiger partial charge in [-0.25, -0.2) is 0 Å². The highest BCUT2D eigenvalue weighted by molar-refractivity contribution is 9.10. The Morgan fingerprint density at radius 1 is 1.38 bits per heavy atom. The minimum Gasteiger partial charge on any atom is -0.268 e. The highest BCUT2D eigenvalue weighted by atomic mass is 79.9. The number of benzene rings is 1. The maximum Gasteiger partial charge on any atom is 0.107 e. The van der Waals surface area contributed by atoms with Crippen LogP contribution in [0.25, 0.3) is 11.3 Å². The zero-order chi connectivity index (χ0) is 11.7. The molecule has 0 bridgehead atoms. The van der Waals surface area contributed by atoms with Gasteiger partial charge in [0.25, 0.3) is 0 Å². The molecule has 84 valence electrons. The monoisotopic (exact) mass is 298 g/mol. The van der Waals surface area contributed by atoms with E-state index >= 15 is 0 Å². The Kier molecular flexibility index (Phi) is 3.36. The smallest absolute Gasteiger partial charge is 0.107 e. The van der Waals surface area contributed by atoms with Crippen molar-refractivity contribution < 1.29 is 0 Å². The lowest BCUT2D eigenvalue weighted by Crippen LogP contribution is -2.00. The fraction of sp³-hybridized carbons (Fsp3) is 0.250. The first-order valence-electron chi connectivity index (χ1n) is 5.08. The standard InChI is InChI=1S/C12H12BrClN2/c1-8(2)16-7-11(13)12(15-16)9-4-3-5-10(14)6-9/h3-8H,1-2H3. The third-order valence-corrected chi connectivity index (χ3v) is 3.13. The van der Waals surface area contributed by atoms with E-state index in [0.717, 1.165) is 20.8 Å². The lowest BCUT2D eigenvalue weighted by atomic mass is 10.2. The second-order valence-electron chi connectivity index (χ2n) is 3.91. The second-order valence-corrected chi connectivity index (χ2v) is 5.20. The molecule has 0 radical (unpaired) electrons. The van der Waals surface area contributed by atoms with E-state index in [2.05, 4.69) is 34.9 Å². The Balaban J connectivity index is 2.48. The molecular formula is C12H12BrClN2. The van der Waals surface area contributed by atoms with Gasteiger partial charge in [0, 0.05) is 22.8 Å². The van der Waals surface area contributed by atoms with Crippen molar-refractivity contribution in [2.24, 2.45) is 0 Å². The summed E-state index contributed by atoms with van der Waals surface area (Å²) < 4.78 is 2.92. The fourth-order valence-corrected chi connectivity index (χ4v) is 2.17. The average Bonchev–Trinajstić information content (AvgIpc) is 2.60. The topological polar surface area (TPSA) is 17.8 Å². The summed E-state index contributed by atoms with van der Waals surface area (Å²) in [6, 6.07) is 8.06. The van der Waals surface area contributed by atoms with Gasteiger partial charge in [-0.2, -0.15) is 5.10 Å². The number of aromatic nitrogens is 2. The Morgan fingerprint density at radius 3 is 2.69 bits per heavy atom. The van der Waals surface area contributed by atoms with E-state index in [1.807, 2.05) is 35.1 Å². The van der Waals surface area contributed by atoms with Gasteiger partial charge in [0.05, 0.1) is 4.47 Å². The molecule has 0 aliphatic rings. The van der Waals surface area contributed by atoms with Crippen molar-refractivity contribution in [3.8, 4) is 11.3 Å². The van der Waals surface area contributed by atoms with Crippen molar-refractivity contribution in [2.45, 2.75) is 19.9 Å². The minimum absolute atomic E-state index is 0.351. The Labute approximate surface area is 108 Å². The van der Waals surface area contributed by atoms with E-state index in [9.17, 15) is 0 Å². The van der Waals surface area contributed by atoms with Gasteiger partial charge in [-0.1, -0.05) is 23.7 Å². The molecule has 2 rings (SSSR count). The van der Waals surface area contributed by atoms with E-state index in [1.165, 1.54) is 0 Å². The van der Waals surface area contributed by atoms with Crippen LogP contribution < -0.4 is 0 Å². The molecule has 0 amide bonds. The number of nitrogens with zero attached hydrogens (tertiary/aromatic N) is 2. The third-order valence-electron chi connectivity index (χ3n) is 2.31. The summed E-state index contributed by atoms with van der Waals surface area (Å²) in [5, 5.41) is 5.26. The van der Waals surface area contributed by atoms with E-state index in [0.29, 0.717) is 6.04 Å². The summed E-state index contributed by atoms with van der Waals surface area (Å²) >= 11 is 9.49. The van der Waals surface area contributed by atoms with Crippen LogP contribution in [0.5, 0.6) is 0 Å². The van der Waals surface area contributed by atoms with Crippen molar-refractivity contribution in [3.05, 3.63) is 40.0 Å². The zero-order valence-corrected chi connectivity index (χ0v) is 11.5. The van der Waals surface area contributed by atoms with Crippen molar-refractivity contribution in [1.82, 2.24) is 9.78 Å². The number of hydrogen-bond acceptors (Lipinski definition) is 1. The second kappa shape index (κ2) is 4.60. The molecule has 0 unspecified atom stereocenters. The number of hydrogen-bond donors (Lipinski definition) is 0. The first-order valence-corrected chi connectivity index (χ1v) is 6.25. The highest BCUT2D eigenvalue weighted by Crippen LogP contribution is 2.29. The molecule has 0 saturated heterocycles. The largest absolute Gasteiger partial charge is 0.268 e. The van der Waals surface area contributed by atoms with Crippen LogP contribution in [0.15, 0.2) is 34.9 Å². The molecule has 1 aromatic carbocycles. The summed E-state index contributed by atoms with van der Waals surface area (Å²) in [5.41, 5.74) is 1.95. The quantitative estimate of drug-likeness (QED) is 0.795. The minimum atomic E-state index is 0.351. The van der Waals surface area contributed by atoms with Crippen LogP contribution in [0.4, 0.5) is 0 Å². The van der Waals surface area contributed by atoms with Gasteiger partial charge in [0.15, 0.2) is 0 Å². The summed E-state index contributed by atoms with van der Waals surface area (Å²) in [6.45, 7) is 4.20. The van der Waals surface area contributed by atoms with Crippen LogP contribution >= 0.6 is 27.5 Å². The van der Waals surface area contributed by atoms with Crippen LogP contribution in [-0.2, 0) is 0 Å². The average molecular weight is 300 g/mol. The SMILES string of the molecule is CC(C)n1cc(Br)c(-c2cccc(Cl)c2)n1. The maximum atomic E-state index is 5.97. The first kappa shape index (κ1) is 11.7. The Morgan fingerprint density at radius 2 is 2.12 bits per heavy atom. The molecule has 0 fully saturated rings.